The number of hydrogen-bond acceptors (Lipinski definition) is 3. The molecule has 4 nitrogen and oxygen atoms in total. The van der Waals surface area contributed by atoms with Gasteiger partial charge in [-0.2, -0.15) is 0 Å². The predicted octanol–water partition coefficient (Wildman–Crippen LogP) is 2.00. The zero-order chi connectivity index (χ0) is 12.8. The second-order valence-electron chi connectivity index (χ2n) is 4.18. The maximum Gasteiger partial charge on any atom is 0.224 e. The molecule has 1 aromatic rings. The highest BCUT2D eigenvalue weighted by molar-refractivity contribution is 6.30. The molecule has 1 aliphatic rings. The first kappa shape index (κ1) is 13.2. The average Bonchev–Trinajstić information content (AvgIpc) is 2.42. The summed E-state index contributed by atoms with van der Waals surface area (Å²) in [6.45, 7) is 3.35. The Morgan fingerprint density at radius 1 is 1.28 bits per heavy atom. The Morgan fingerprint density at radius 3 is 2.61 bits per heavy atom. The van der Waals surface area contributed by atoms with Crippen molar-refractivity contribution in [3.8, 4) is 0 Å². The van der Waals surface area contributed by atoms with Crippen molar-refractivity contribution in [3.05, 3.63) is 29.3 Å². The maximum atomic E-state index is 11.9. The summed E-state index contributed by atoms with van der Waals surface area (Å²) >= 11 is 5.80. The van der Waals surface area contributed by atoms with Gasteiger partial charge in [-0.15, -0.1) is 0 Å². The van der Waals surface area contributed by atoms with Crippen molar-refractivity contribution in [2.24, 2.45) is 0 Å². The van der Waals surface area contributed by atoms with Crippen LogP contribution in [0.2, 0.25) is 5.02 Å². The van der Waals surface area contributed by atoms with Gasteiger partial charge in [-0.1, -0.05) is 11.6 Å². The standard InChI is InChI=1S/C13H17ClN2O2/c14-11-1-3-12(4-2-11)15-6-5-13(17)16-7-9-18-10-8-16/h1-4,15H,5-10H2. The molecule has 0 radical (unpaired) electrons. The van der Waals surface area contributed by atoms with E-state index in [1.807, 2.05) is 29.2 Å². The van der Waals surface area contributed by atoms with Gasteiger partial charge < -0.3 is 15.0 Å². The summed E-state index contributed by atoms with van der Waals surface area (Å²) in [5, 5.41) is 3.92. The molecule has 1 saturated heterocycles. The van der Waals surface area contributed by atoms with Gasteiger partial charge in [0.05, 0.1) is 13.2 Å². The predicted molar refractivity (Wildman–Crippen MR) is 72.0 cm³/mol. The topological polar surface area (TPSA) is 41.6 Å². The number of morpholine rings is 1. The molecule has 1 amide bonds. The highest BCUT2D eigenvalue weighted by Gasteiger charge is 2.15. The van der Waals surface area contributed by atoms with E-state index in [0.717, 1.165) is 5.69 Å². The summed E-state index contributed by atoms with van der Waals surface area (Å²) in [4.78, 5) is 13.7. The van der Waals surface area contributed by atoms with E-state index in [0.29, 0.717) is 44.3 Å². The Balaban J connectivity index is 1.71. The fourth-order valence-corrected chi connectivity index (χ4v) is 1.98. The number of nitrogens with one attached hydrogen (secondary N) is 1. The molecule has 98 valence electrons. The van der Waals surface area contributed by atoms with Crippen LogP contribution in [0.5, 0.6) is 0 Å². The number of ether oxygens (including phenoxy) is 1. The normalized spacial score (nSPS) is 15.5. The molecule has 1 fully saturated rings. The van der Waals surface area contributed by atoms with E-state index >= 15 is 0 Å². The second-order valence-corrected chi connectivity index (χ2v) is 4.61. The Labute approximate surface area is 112 Å². The molecule has 1 aromatic carbocycles. The van der Waals surface area contributed by atoms with E-state index in [2.05, 4.69) is 5.32 Å². The third-order valence-corrected chi connectivity index (χ3v) is 3.13. The van der Waals surface area contributed by atoms with E-state index in [1.165, 1.54) is 0 Å². The van der Waals surface area contributed by atoms with Crippen LogP contribution in [0.4, 0.5) is 5.69 Å². The molecule has 1 N–H and O–H groups in total. The fourth-order valence-electron chi connectivity index (χ4n) is 1.85. The van der Waals surface area contributed by atoms with Gasteiger partial charge in [0.25, 0.3) is 0 Å². The van der Waals surface area contributed by atoms with Crippen molar-refractivity contribution in [1.82, 2.24) is 4.90 Å². The molecule has 18 heavy (non-hydrogen) atoms. The number of hydrogen-bond donors (Lipinski definition) is 1. The van der Waals surface area contributed by atoms with Crippen LogP contribution >= 0.6 is 11.6 Å². The Bertz CT molecular complexity index is 388. The minimum Gasteiger partial charge on any atom is -0.385 e. The van der Waals surface area contributed by atoms with Crippen LogP contribution in [0, 0.1) is 0 Å². The van der Waals surface area contributed by atoms with Gasteiger partial charge in [0.2, 0.25) is 5.91 Å². The van der Waals surface area contributed by atoms with Crippen LogP contribution in [0.3, 0.4) is 0 Å². The minimum atomic E-state index is 0.180. The first-order valence-electron chi connectivity index (χ1n) is 6.10. The molecule has 0 aliphatic carbocycles. The van der Waals surface area contributed by atoms with Gasteiger partial charge in [-0.25, -0.2) is 0 Å². The van der Waals surface area contributed by atoms with E-state index in [1.54, 1.807) is 0 Å². The van der Waals surface area contributed by atoms with Crippen LogP contribution < -0.4 is 5.32 Å². The summed E-state index contributed by atoms with van der Waals surface area (Å²) in [7, 11) is 0. The molecular formula is C13H17ClN2O2. The molecule has 0 atom stereocenters. The number of amides is 1. The second kappa shape index (κ2) is 6.61. The fraction of sp³-hybridized carbons (Fsp3) is 0.462. The van der Waals surface area contributed by atoms with Gasteiger partial charge >= 0.3 is 0 Å². The van der Waals surface area contributed by atoms with Gasteiger partial charge in [-0.05, 0) is 24.3 Å². The molecule has 5 heteroatoms. The third kappa shape index (κ3) is 3.89. The smallest absolute Gasteiger partial charge is 0.224 e. The Kier molecular flexibility index (Phi) is 4.84. The van der Waals surface area contributed by atoms with Gasteiger partial charge in [0, 0.05) is 36.8 Å². The monoisotopic (exact) mass is 268 g/mol. The molecule has 1 heterocycles. The quantitative estimate of drug-likeness (QED) is 0.908. The van der Waals surface area contributed by atoms with E-state index in [4.69, 9.17) is 16.3 Å². The van der Waals surface area contributed by atoms with Gasteiger partial charge in [-0.3, -0.25) is 4.79 Å². The summed E-state index contributed by atoms with van der Waals surface area (Å²) < 4.78 is 5.21. The van der Waals surface area contributed by atoms with Crippen molar-refractivity contribution in [1.29, 1.82) is 0 Å². The average molecular weight is 269 g/mol. The zero-order valence-corrected chi connectivity index (χ0v) is 10.9. The molecule has 0 saturated carbocycles. The third-order valence-electron chi connectivity index (χ3n) is 2.88. The highest BCUT2D eigenvalue weighted by Crippen LogP contribution is 2.13. The van der Waals surface area contributed by atoms with Gasteiger partial charge in [0.15, 0.2) is 0 Å². The first-order valence-corrected chi connectivity index (χ1v) is 6.48. The minimum absolute atomic E-state index is 0.180. The molecule has 0 aromatic heterocycles. The van der Waals surface area contributed by atoms with Crippen molar-refractivity contribution in [3.63, 3.8) is 0 Å². The lowest BCUT2D eigenvalue weighted by molar-refractivity contribution is -0.134. The number of anilines is 1. The number of carbonyl (C=O) groups is 1. The molecule has 1 aliphatic heterocycles. The molecule has 0 unspecified atom stereocenters. The SMILES string of the molecule is O=C(CCNc1ccc(Cl)cc1)N1CCOCC1. The van der Waals surface area contributed by atoms with E-state index in [9.17, 15) is 4.79 Å². The Morgan fingerprint density at radius 2 is 1.94 bits per heavy atom. The number of benzene rings is 1. The summed E-state index contributed by atoms with van der Waals surface area (Å²) in [5.41, 5.74) is 0.981. The number of nitrogens with zero attached hydrogens (tertiary/aromatic N) is 1. The van der Waals surface area contributed by atoms with Crippen LogP contribution in [0.25, 0.3) is 0 Å². The molecule has 2 rings (SSSR count). The number of carbonyl (C=O) groups excluding carboxylic acids is 1. The molecule has 0 spiro atoms. The van der Waals surface area contributed by atoms with Crippen LogP contribution in [-0.4, -0.2) is 43.7 Å². The zero-order valence-electron chi connectivity index (χ0n) is 10.2. The lowest BCUT2D eigenvalue weighted by Gasteiger charge is -2.26. The number of halogens is 1. The van der Waals surface area contributed by atoms with Crippen molar-refractivity contribution < 1.29 is 9.53 Å². The van der Waals surface area contributed by atoms with E-state index < -0.39 is 0 Å². The summed E-state index contributed by atoms with van der Waals surface area (Å²) in [6.07, 6.45) is 0.503. The van der Waals surface area contributed by atoms with Crippen molar-refractivity contribution >= 4 is 23.2 Å². The van der Waals surface area contributed by atoms with Crippen molar-refractivity contribution in [2.75, 3.05) is 38.2 Å². The van der Waals surface area contributed by atoms with Crippen LogP contribution in [0.1, 0.15) is 6.42 Å². The van der Waals surface area contributed by atoms with Crippen LogP contribution in [0.15, 0.2) is 24.3 Å². The molecular weight excluding hydrogens is 252 g/mol. The largest absolute Gasteiger partial charge is 0.385 e. The van der Waals surface area contributed by atoms with Crippen LogP contribution in [-0.2, 0) is 9.53 Å². The molecule has 0 bridgehead atoms. The van der Waals surface area contributed by atoms with Crippen molar-refractivity contribution in [2.45, 2.75) is 6.42 Å². The van der Waals surface area contributed by atoms with Gasteiger partial charge in [0.1, 0.15) is 0 Å². The maximum absolute atomic E-state index is 11.9. The summed E-state index contributed by atoms with van der Waals surface area (Å²) in [6, 6.07) is 7.46. The summed E-state index contributed by atoms with van der Waals surface area (Å²) in [5.74, 6) is 0.180. The highest BCUT2D eigenvalue weighted by atomic mass is 35.5. The lowest BCUT2D eigenvalue weighted by Crippen LogP contribution is -2.41. The first-order chi connectivity index (χ1) is 8.75. The Hall–Kier alpha value is -1.26. The number of rotatable bonds is 4. The lowest BCUT2D eigenvalue weighted by atomic mass is 10.3. The van der Waals surface area contributed by atoms with E-state index in [-0.39, 0.29) is 5.91 Å².